The second-order valence-electron chi connectivity index (χ2n) is 12.7. The van der Waals surface area contributed by atoms with E-state index in [0.717, 1.165) is 45.4 Å². The Labute approximate surface area is 311 Å². The third-order valence-corrected chi connectivity index (χ3v) is 8.92. The first-order chi connectivity index (χ1) is 25.7. The number of esters is 1. The molecule has 268 valence electrons. The van der Waals surface area contributed by atoms with Crippen LogP contribution < -0.4 is 11.1 Å². The van der Waals surface area contributed by atoms with Gasteiger partial charge in [-0.2, -0.15) is 0 Å². The molecule has 53 heavy (non-hydrogen) atoms. The molecule has 7 heteroatoms. The number of carboxylic acids is 1. The molecule has 1 amide bonds. The van der Waals surface area contributed by atoms with Crippen molar-refractivity contribution in [2.24, 2.45) is 5.73 Å². The molecule has 0 aliphatic carbocycles. The van der Waals surface area contributed by atoms with E-state index < -0.39 is 24.0 Å². The van der Waals surface area contributed by atoms with E-state index in [4.69, 9.17) is 5.73 Å². The van der Waals surface area contributed by atoms with Crippen LogP contribution in [0.5, 0.6) is 0 Å². The summed E-state index contributed by atoms with van der Waals surface area (Å²) in [7, 11) is 1.35. The summed E-state index contributed by atoms with van der Waals surface area (Å²) < 4.78 is 4.61. The number of ether oxygens (including phenoxy) is 1. The third kappa shape index (κ3) is 10.8. The second kappa shape index (κ2) is 18.8. The first-order valence-electron chi connectivity index (χ1n) is 17.6. The summed E-state index contributed by atoms with van der Waals surface area (Å²) in [5.74, 6) is -1.85. The van der Waals surface area contributed by atoms with Crippen molar-refractivity contribution in [3.8, 4) is 33.4 Å². The van der Waals surface area contributed by atoms with Crippen molar-refractivity contribution in [2.75, 3.05) is 7.11 Å². The molecular weight excluding hydrogens is 661 g/mol. The highest BCUT2D eigenvalue weighted by atomic mass is 16.5. The highest BCUT2D eigenvalue weighted by molar-refractivity contribution is 5.97. The average Bonchev–Trinajstić information content (AvgIpc) is 3.21. The zero-order valence-electron chi connectivity index (χ0n) is 29.9. The zero-order valence-corrected chi connectivity index (χ0v) is 29.9. The first kappa shape index (κ1) is 37.9. The Balaban J connectivity index is 0.000000241. The van der Waals surface area contributed by atoms with E-state index in [-0.39, 0.29) is 12.4 Å². The quantitative estimate of drug-likeness (QED) is 0.110. The summed E-state index contributed by atoms with van der Waals surface area (Å²) in [6, 6.07) is 49.8. The number of aryl methyl sites for hydroxylation is 1. The monoisotopic (exact) mass is 704 g/mol. The van der Waals surface area contributed by atoms with Crippen LogP contribution in [0.3, 0.4) is 0 Å². The van der Waals surface area contributed by atoms with Crippen molar-refractivity contribution in [3.05, 3.63) is 180 Å². The van der Waals surface area contributed by atoms with E-state index in [9.17, 15) is 19.5 Å². The molecule has 0 aromatic heterocycles. The van der Waals surface area contributed by atoms with Crippen LogP contribution in [0.1, 0.15) is 34.0 Å². The summed E-state index contributed by atoms with van der Waals surface area (Å²) in [6.45, 7) is 2.10. The number of carbonyl (C=O) groups is 3. The van der Waals surface area contributed by atoms with Crippen molar-refractivity contribution < 1.29 is 24.2 Å². The van der Waals surface area contributed by atoms with Gasteiger partial charge in [0.05, 0.1) is 7.11 Å². The van der Waals surface area contributed by atoms with Gasteiger partial charge in [-0.3, -0.25) is 9.59 Å². The van der Waals surface area contributed by atoms with Crippen LogP contribution in [0.15, 0.2) is 158 Å². The number of rotatable bonds is 12. The normalized spacial score (nSPS) is 11.7. The van der Waals surface area contributed by atoms with E-state index >= 15 is 0 Å². The molecule has 6 aromatic carbocycles. The highest BCUT2D eigenvalue weighted by Crippen LogP contribution is 2.23. The lowest BCUT2D eigenvalue weighted by Crippen LogP contribution is -2.42. The van der Waals surface area contributed by atoms with Gasteiger partial charge in [-0.05, 0) is 75.0 Å². The van der Waals surface area contributed by atoms with Gasteiger partial charge in [-0.15, -0.1) is 0 Å². The Morgan fingerprint density at radius 1 is 0.585 bits per heavy atom. The largest absolute Gasteiger partial charge is 0.480 e. The van der Waals surface area contributed by atoms with Crippen LogP contribution in [0.25, 0.3) is 33.4 Å². The molecule has 0 fully saturated rings. The maximum absolute atomic E-state index is 12.9. The van der Waals surface area contributed by atoms with Gasteiger partial charge in [0.25, 0.3) is 5.91 Å². The summed E-state index contributed by atoms with van der Waals surface area (Å²) in [4.78, 5) is 36.1. The lowest BCUT2D eigenvalue weighted by Gasteiger charge is -2.15. The zero-order chi connectivity index (χ0) is 37.6. The molecule has 6 aromatic rings. The Morgan fingerprint density at radius 3 is 1.57 bits per heavy atom. The van der Waals surface area contributed by atoms with Crippen LogP contribution in [0, 0.1) is 0 Å². The van der Waals surface area contributed by atoms with Crippen molar-refractivity contribution in [1.29, 1.82) is 0 Å². The molecule has 6 rings (SSSR count). The molecule has 2 atom stereocenters. The molecule has 0 bridgehead atoms. The standard InChI is InChI=1S/C30H27NO3.C16H17NO2/c1-2-21-8-6-11-25(18-21)26-12-7-13-27(20-26)29(32)31-28(30(33)34)19-22-14-16-24(17-15-22)23-9-4-3-5-10-23;1-19-16(18)15(17)11-12-7-9-14(10-8-12)13-5-3-2-4-6-13/h3-18,20,28H,2,19H2,1H3,(H,31,32)(H,33,34);2-10,15H,11,17H2,1H3/t28-;15-/m00/s1. The number of carbonyl (C=O) groups excluding carboxylic acids is 2. The molecule has 0 heterocycles. The van der Waals surface area contributed by atoms with E-state index in [1.54, 1.807) is 12.1 Å². The highest BCUT2D eigenvalue weighted by Gasteiger charge is 2.21. The molecule has 0 radical (unpaired) electrons. The van der Waals surface area contributed by atoms with Gasteiger partial charge in [0.15, 0.2) is 0 Å². The van der Waals surface area contributed by atoms with E-state index in [1.165, 1.54) is 18.2 Å². The van der Waals surface area contributed by atoms with Crippen LogP contribution in [0.4, 0.5) is 0 Å². The van der Waals surface area contributed by atoms with Crippen molar-refractivity contribution in [1.82, 2.24) is 5.32 Å². The van der Waals surface area contributed by atoms with Gasteiger partial charge in [0.1, 0.15) is 12.1 Å². The van der Waals surface area contributed by atoms with E-state index in [1.807, 2.05) is 121 Å². The summed E-state index contributed by atoms with van der Waals surface area (Å²) in [6.07, 6.45) is 1.62. The summed E-state index contributed by atoms with van der Waals surface area (Å²) in [5.41, 5.74) is 15.7. The number of hydrogen-bond donors (Lipinski definition) is 3. The topological polar surface area (TPSA) is 119 Å². The Kier molecular flexibility index (Phi) is 13.4. The number of methoxy groups -OCH3 is 1. The van der Waals surface area contributed by atoms with Gasteiger partial charge in [0.2, 0.25) is 0 Å². The smallest absolute Gasteiger partial charge is 0.326 e. The Bertz CT molecular complexity index is 2100. The maximum atomic E-state index is 12.9. The average molecular weight is 705 g/mol. The molecular formula is C46H44N2O5. The number of aliphatic carboxylic acids is 1. The number of benzene rings is 6. The van der Waals surface area contributed by atoms with Crippen LogP contribution in [-0.2, 0) is 33.6 Å². The van der Waals surface area contributed by atoms with Gasteiger partial charge in [-0.1, -0.05) is 153 Å². The minimum absolute atomic E-state index is 0.203. The molecule has 0 aliphatic rings. The number of nitrogens with two attached hydrogens (primary N) is 1. The molecule has 0 aliphatic heterocycles. The minimum Gasteiger partial charge on any atom is -0.480 e. The van der Waals surface area contributed by atoms with Gasteiger partial charge < -0.3 is 20.9 Å². The number of carboxylic acid groups (broad SMARTS) is 1. The SMILES string of the molecule is CCc1cccc(-c2cccc(C(=O)N[C@@H](Cc3ccc(-c4ccccc4)cc3)C(=O)O)c2)c1.COC(=O)[C@@H](N)Cc1ccc(-c2ccccc2)cc1. The third-order valence-electron chi connectivity index (χ3n) is 8.92. The van der Waals surface area contributed by atoms with Crippen LogP contribution in [-0.4, -0.2) is 42.1 Å². The van der Waals surface area contributed by atoms with Gasteiger partial charge in [-0.25, -0.2) is 4.79 Å². The fourth-order valence-electron chi connectivity index (χ4n) is 5.90. The fraction of sp³-hybridized carbons (Fsp3) is 0.152. The van der Waals surface area contributed by atoms with E-state index in [0.29, 0.717) is 12.0 Å². The maximum Gasteiger partial charge on any atom is 0.326 e. The van der Waals surface area contributed by atoms with Crippen molar-refractivity contribution in [3.63, 3.8) is 0 Å². The molecule has 0 saturated carbocycles. The van der Waals surface area contributed by atoms with Crippen LogP contribution in [0.2, 0.25) is 0 Å². The Morgan fingerprint density at radius 2 is 1.06 bits per heavy atom. The summed E-state index contributed by atoms with van der Waals surface area (Å²) >= 11 is 0. The predicted octanol–water partition coefficient (Wildman–Crippen LogP) is 8.41. The fourth-order valence-corrected chi connectivity index (χ4v) is 5.90. The number of amides is 1. The minimum atomic E-state index is -1.06. The van der Waals surface area contributed by atoms with Crippen molar-refractivity contribution >= 4 is 17.8 Å². The number of hydrogen-bond acceptors (Lipinski definition) is 5. The molecule has 0 saturated heterocycles. The number of nitrogens with one attached hydrogen (secondary N) is 1. The molecule has 0 unspecified atom stereocenters. The van der Waals surface area contributed by atoms with Crippen molar-refractivity contribution in [2.45, 2.75) is 38.3 Å². The molecule has 4 N–H and O–H groups in total. The van der Waals surface area contributed by atoms with Gasteiger partial charge in [0, 0.05) is 12.0 Å². The molecule has 0 spiro atoms. The first-order valence-corrected chi connectivity index (χ1v) is 17.6. The molecule has 7 nitrogen and oxygen atoms in total. The summed E-state index contributed by atoms with van der Waals surface area (Å²) in [5, 5.41) is 12.4. The Hall–Kier alpha value is -6.31. The predicted molar refractivity (Wildman–Crippen MR) is 211 cm³/mol. The van der Waals surface area contributed by atoms with Crippen LogP contribution >= 0.6 is 0 Å². The lowest BCUT2D eigenvalue weighted by molar-refractivity contribution is -0.142. The van der Waals surface area contributed by atoms with Gasteiger partial charge >= 0.3 is 11.9 Å². The second-order valence-corrected chi connectivity index (χ2v) is 12.7. The lowest BCUT2D eigenvalue weighted by atomic mass is 9.99. The van der Waals surface area contributed by atoms with E-state index in [2.05, 4.69) is 41.2 Å².